The highest BCUT2D eigenvalue weighted by atomic mass is 32.1. The second-order valence-corrected chi connectivity index (χ2v) is 8.40. The van der Waals surface area contributed by atoms with E-state index in [0.717, 1.165) is 31.5 Å². The fourth-order valence-corrected chi connectivity index (χ4v) is 4.19. The van der Waals surface area contributed by atoms with Crippen molar-refractivity contribution in [2.45, 2.75) is 53.0 Å². The van der Waals surface area contributed by atoms with Crippen LogP contribution in [0.2, 0.25) is 0 Å². The van der Waals surface area contributed by atoms with Gasteiger partial charge in [-0.3, -0.25) is 19.0 Å². The summed E-state index contributed by atoms with van der Waals surface area (Å²) in [5, 5.41) is 12.3. The van der Waals surface area contributed by atoms with E-state index in [1.807, 2.05) is 0 Å². The third-order valence-corrected chi connectivity index (χ3v) is 6.07. The molecule has 0 atom stereocenters. The maximum Gasteiger partial charge on any atom is 0.310 e. The molecule has 0 bridgehead atoms. The fourth-order valence-electron chi connectivity index (χ4n) is 3.08. The van der Waals surface area contributed by atoms with Gasteiger partial charge in [-0.25, -0.2) is 4.98 Å². The topological polar surface area (TPSA) is 101 Å². The molecule has 26 heavy (non-hydrogen) atoms. The van der Waals surface area contributed by atoms with Crippen LogP contribution in [0.15, 0.2) is 4.79 Å². The molecule has 0 saturated heterocycles. The van der Waals surface area contributed by atoms with Gasteiger partial charge in [-0.2, -0.15) is 0 Å². The minimum atomic E-state index is -1.06. The molecule has 0 radical (unpaired) electrons. The van der Waals surface area contributed by atoms with E-state index < -0.39 is 11.4 Å². The molecule has 0 spiro atoms. The number of carbonyl (C=O) groups is 2. The molecule has 1 amide bonds. The molecule has 1 aliphatic rings. The van der Waals surface area contributed by atoms with Crippen LogP contribution in [0.1, 0.15) is 54.2 Å². The first-order valence-electron chi connectivity index (χ1n) is 8.77. The van der Waals surface area contributed by atoms with Gasteiger partial charge >= 0.3 is 5.97 Å². The third-order valence-electron chi connectivity index (χ3n) is 4.89. The van der Waals surface area contributed by atoms with Gasteiger partial charge in [-0.05, 0) is 39.2 Å². The van der Waals surface area contributed by atoms with Crippen LogP contribution in [-0.2, 0) is 17.8 Å². The molecule has 0 fully saturated rings. The largest absolute Gasteiger partial charge is 0.481 e. The number of nitrogens with zero attached hydrogens (tertiary/aromatic N) is 2. The first-order chi connectivity index (χ1) is 12.2. The van der Waals surface area contributed by atoms with Crippen molar-refractivity contribution in [3.8, 4) is 0 Å². The van der Waals surface area contributed by atoms with Crippen LogP contribution in [0.25, 0.3) is 10.2 Å². The van der Waals surface area contributed by atoms with E-state index >= 15 is 0 Å². The van der Waals surface area contributed by atoms with Crippen LogP contribution in [0, 0.1) is 12.3 Å². The SMILES string of the molecule is Cc1c(C(=O)NCC(C)(C)C(=O)O)sc2nc3n(c(=O)c12)CCCCC3. The summed E-state index contributed by atoms with van der Waals surface area (Å²) < 4.78 is 1.74. The molecule has 3 heterocycles. The molecule has 7 nitrogen and oxygen atoms in total. The monoisotopic (exact) mass is 377 g/mol. The van der Waals surface area contributed by atoms with Gasteiger partial charge < -0.3 is 10.4 Å². The molecule has 2 aromatic heterocycles. The molecule has 3 rings (SSSR count). The number of fused-ring (bicyclic) bond motifs is 2. The smallest absolute Gasteiger partial charge is 0.310 e. The molecule has 0 unspecified atom stereocenters. The third kappa shape index (κ3) is 3.25. The van der Waals surface area contributed by atoms with Crippen molar-refractivity contribution in [1.82, 2.24) is 14.9 Å². The highest BCUT2D eigenvalue weighted by molar-refractivity contribution is 7.20. The summed E-state index contributed by atoms with van der Waals surface area (Å²) >= 11 is 1.20. The number of hydrogen-bond donors (Lipinski definition) is 2. The summed E-state index contributed by atoms with van der Waals surface area (Å²) in [5.74, 6) is -0.547. The lowest BCUT2D eigenvalue weighted by molar-refractivity contribution is -0.146. The Morgan fingerprint density at radius 2 is 2.04 bits per heavy atom. The summed E-state index contributed by atoms with van der Waals surface area (Å²) in [6.07, 6.45) is 3.83. The Balaban J connectivity index is 1.97. The van der Waals surface area contributed by atoms with E-state index in [9.17, 15) is 19.5 Å². The summed E-state index contributed by atoms with van der Waals surface area (Å²) in [6, 6.07) is 0. The number of nitrogens with one attached hydrogen (secondary N) is 1. The number of rotatable bonds is 4. The van der Waals surface area contributed by atoms with E-state index in [1.54, 1.807) is 25.3 Å². The van der Waals surface area contributed by atoms with Crippen molar-refractivity contribution in [3.63, 3.8) is 0 Å². The zero-order valence-electron chi connectivity index (χ0n) is 15.2. The number of thiophene rings is 1. The maximum atomic E-state index is 12.9. The van der Waals surface area contributed by atoms with Crippen LogP contribution in [-0.4, -0.2) is 33.1 Å². The van der Waals surface area contributed by atoms with Crippen molar-refractivity contribution >= 4 is 33.4 Å². The molecule has 2 N–H and O–H groups in total. The molecular weight excluding hydrogens is 354 g/mol. The summed E-state index contributed by atoms with van der Waals surface area (Å²) in [5.41, 5.74) is -0.520. The molecule has 0 saturated carbocycles. The Kier molecular flexibility index (Phi) is 4.88. The minimum absolute atomic E-state index is 0.0117. The predicted molar refractivity (Wildman–Crippen MR) is 99.9 cm³/mol. The average molecular weight is 377 g/mol. The van der Waals surface area contributed by atoms with E-state index in [4.69, 9.17) is 0 Å². The quantitative estimate of drug-likeness (QED) is 0.852. The first-order valence-corrected chi connectivity index (χ1v) is 9.58. The van der Waals surface area contributed by atoms with Gasteiger partial charge in [0.1, 0.15) is 10.7 Å². The Morgan fingerprint density at radius 1 is 1.31 bits per heavy atom. The van der Waals surface area contributed by atoms with Crippen LogP contribution in [0.5, 0.6) is 0 Å². The van der Waals surface area contributed by atoms with E-state index in [0.29, 0.717) is 27.2 Å². The Labute approximate surface area is 155 Å². The zero-order chi connectivity index (χ0) is 19.1. The summed E-state index contributed by atoms with van der Waals surface area (Å²) in [6.45, 7) is 5.54. The van der Waals surface area contributed by atoms with Gasteiger partial charge in [0.15, 0.2) is 0 Å². The molecule has 8 heteroatoms. The van der Waals surface area contributed by atoms with Gasteiger partial charge in [0.2, 0.25) is 0 Å². The maximum absolute atomic E-state index is 12.9. The van der Waals surface area contributed by atoms with Gasteiger partial charge in [-0.1, -0.05) is 6.42 Å². The van der Waals surface area contributed by atoms with Crippen molar-refractivity contribution in [1.29, 1.82) is 0 Å². The van der Waals surface area contributed by atoms with Gasteiger partial charge in [0, 0.05) is 19.5 Å². The number of carbonyl (C=O) groups excluding carboxylic acids is 1. The number of hydrogen-bond acceptors (Lipinski definition) is 5. The van der Waals surface area contributed by atoms with Crippen molar-refractivity contribution < 1.29 is 14.7 Å². The van der Waals surface area contributed by atoms with Crippen LogP contribution in [0.3, 0.4) is 0 Å². The van der Waals surface area contributed by atoms with Crippen molar-refractivity contribution in [2.75, 3.05) is 6.54 Å². The number of aliphatic carboxylic acids is 1. The van der Waals surface area contributed by atoms with Gasteiger partial charge in [0.25, 0.3) is 11.5 Å². The molecule has 2 aromatic rings. The van der Waals surface area contributed by atoms with Crippen molar-refractivity contribution in [2.24, 2.45) is 5.41 Å². The number of aryl methyl sites for hydroxylation is 2. The average Bonchev–Trinajstić information content (AvgIpc) is 2.76. The minimum Gasteiger partial charge on any atom is -0.481 e. The van der Waals surface area contributed by atoms with E-state index in [2.05, 4.69) is 10.3 Å². The molecular formula is C18H23N3O4S. The van der Waals surface area contributed by atoms with Gasteiger partial charge in [-0.15, -0.1) is 11.3 Å². The van der Waals surface area contributed by atoms with Gasteiger partial charge in [0.05, 0.1) is 15.7 Å². The predicted octanol–water partition coefficient (Wildman–Crippen LogP) is 2.33. The number of carboxylic acid groups (broad SMARTS) is 1. The first kappa shape index (κ1) is 18.6. The van der Waals surface area contributed by atoms with Crippen LogP contribution >= 0.6 is 11.3 Å². The Morgan fingerprint density at radius 3 is 2.73 bits per heavy atom. The molecule has 140 valence electrons. The molecule has 1 aliphatic heterocycles. The number of carboxylic acids is 1. The Hall–Kier alpha value is -2.22. The second-order valence-electron chi connectivity index (χ2n) is 7.40. The van der Waals surface area contributed by atoms with E-state index in [1.165, 1.54) is 11.3 Å². The normalized spacial score (nSPS) is 14.7. The highest BCUT2D eigenvalue weighted by Gasteiger charge is 2.29. The lowest BCUT2D eigenvalue weighted by Crippen LogP contribution is -2.38. The number of aromatic nitrogens is 2. The number of amides is 1. The lowest BCUT2D eigenvalue weighted by atomic mass is 9.94. The standard InChI is InChI=1S/C18H23N3O4S/c1-10-12-15(20-11-7-5-4-6-8-21(11)16(12)23)26-13(10)14(22)19-9-18(2,3)17(24)25/h4-9H2,1-3H3,(H,19,22)(H,24,25). The Bertz CT molecular complexity index is 942. The highest BCUT2D eigenvalue weighted by Crippen LogP contribution is 2.28. The second kappa shape index (κ2) is 6.83. The summed E-state index contributed by atoms with van der Waals surface area (Å²) in [7, 11) is 0. The molecule has 0 aliphatic carbocycles. The van der Waals surface area contributed by atoms with Crippen molar-refractivity contribution in [3.05, 3.63) is 26.6 Å². The lowest BCUT2D eigenvalue weighted by Gasteiger charge is -2.19. The van der Waals surface area contributed by atoms with Crippen LogP contribution < -0.4 is 10.9 Å². The molecule has 0 aromatic carbocycles. The fraction of sp³-hybridized carbons (Fsp3) is 0.556. The van der Waals surface area contributed by atoms with E-state index in [-0.39, 0.29) is 18.0 Å². The van der Waals surface area contributed by atoms with Crippen LogP contribution in [0.4, 0.5) is 0 Å². The zero-order valence-corrected chi connectivity index (χ0v) is 16.0. The summed E-state index contributed by atoms with van der Waals surface area (Å²) in [4.78, 5) is 42.3.